The maximum atomic E-state index is 14.5. The van der Waals surface area contributed by atoms with Crippen LogP contribution in [0.4, 0.5) is 8.78 Å². The van der Waals surface area contributed by atoms with Gasteiger partial charge in [-0.15, -0.1) is 0 Å². The SMILES string of the molecule is CCCCN1CC([C@H](O)c2ccc([C@@H]3c4[nH]c5ccccc5c4C[C@@H](C)N3CC(F)(F)CO)cc2)C1. The number of fused-ring (bicyclic) bond motifs is 3. The number of aliphatic hydroxyl groups is 2. The van der Waals surface area contributed by atoms with Crippen LogP contribution >= 0.6 is 0 Å². The molecule has 0 amide bonds. The minimum absolute atomic E-state index is 0.131. The van der Waals surface area contributed by atoms with E-state index in [1.165, 1.54) is 12.8 Å². The maximum absolute atomic E-state index is 14.5. The van der Waals surface area contributed by atoms with Crippen LogP contribution < -0.4 is 0 Å². The molecule has 7 heteroatoms. The molecule has 3 N–H and O–H groups in total. The van der Waals surface area contributed by atoms with Gasteiger partial charge in [-0.2, -0.15) is 0 Å². The highest BCUT2D eigenvalue weighted by Gasteiger charge is 2.41. The molecule has 0 aliphatic carbocycles. The molecule has 1 saturated heterocycles. The number of likely N-dealkylation sites (tertiary alicyclic amines) is 1. The van der Waals surface area contributed by atoms with Gasteiger partial charge in [0.25, 0.3) is 5.92 Å². The Bertz CT molecular complexity index is 1170. The van der Waals surface area contributed by atoms with E-state index in [0.717, 1.165) is 52.9 Å². The van der Waals surface area contributed by atoms with Crippen LogP contribution in [0.3, 0.4) is 0 Å². The Balaban J connectivity index is 1.44. The molecule has 3 heterocycles. The van der Waals surface area contributed by atoms with E-state index in [1.54, 1.807) is 4.90 Å². The molecule has 3 atom stereocenters. The number of para-hydroxylation sites is 1. The second-order valence-electron chi connectivity index (χ2n) is 10.7. The summed E-state index contributed by atoms with van der Waals surface area (Å²) < 4.78 is 28.9. The van der Waals surface area contributed by atoms with Crippen LogP contribution in [-0.2, 0) is 6.42 Å². The molecular formula is C29H37F2N3O2. The summed E-state index contributed by atoms with van der Waals surface area (Å²) in [5.41, 5.74) is 4.86. The molecule has 0 saturated carbocycles. The van der Waals surface area contributed by atoms with Gasteiger partial charge in [-0.3, -0.25) is 4.90 Å². The molecule has 2 aliphatic rings. The summed E-state index contributed by atoms with van der Waals surface area (Å²) in [6.45, 7) is 5.36. The van der Waals surface area contributed by atoms with E-state index >= 15 is 0 Å². The van der Waals surface area contributed by atoms with Gasteiger partial charge in [0.15, 0.2) is 0 Å². The van der Waals surface area contributed by atoms with E-state index in [9.17, 15) is 19.0 Å². The van der Waals surface area contributed by atoms with Gasteiger partial charge in [0, 0.05) is 41.6 Å². The average Bonchev–Trinajstić information content (AvgIpc) is 3.21. The van der Waals surface area contributed by atoms with Crippen LogP contribution in [0, 0.1) is 5.92 Å². The molecule has 1 aromatic heterocycles. The fourth-order valence-electron chi connectivity index (χ4n) is 5.95. The number of H-pyrrole nitrogens is 1. The summed E-state index contributed by atoms with van der Waals surface area (Å²) in [4.78, 5) is 7.69. The third kappa shape index (κ3) is 4.82. The summed E-state index contributed by atoms with van der Waals surface area (Å²) in [5.74, 6) is -2.97. The molecule has 1 fully saturated rings. The first-order valence-electron chi connectivity index (χ1n) is 13.2. The number of alkyl halides is 2. The quantitative estimate of drug-likeness (QED) is 0.394. The Morgan fingerprint density at radius 1 is 1.11 bits per heavy atom. The van der Waals surface area contributed by atoms with Crippen molar-refractivity contribution in [1.82, 2.24) is 14.8 Å². The lowest BCUT2D eigenvalue weighted by Crippen LogP contribution is -2.49. The number of halogens is 2. The van der Waals surface area contributed by atoms with Crippen molar-refractivity contribution >= 4 is 10.9 Å². The monoisotopic (exact) mass is 497 g/mol. The normalized spacial score (nSPS) is 22.5. The summed E-state index contributed by atoms with van der Waals surface area (Å²) in [6, 6.07) is 15.4. The van der Waals surface area contributed by atoms with Crippen molar-refractivity contribution in [3.05, 3.63) is 70.9 Å². The van der Waals surface area contributed by atoms with Crippen LogP contribution in [0.1, 0.15) is 61.2 Å². The molecule has 3 aromatic rings. The second kappa shape index (κ2) is 10.2. The number of hydrogen-bond donors (Lipinski definition) is 3. The Hall–Kier alpha value is -2.32. The molecule has 0 spiro atoms. The average molecular weight is 498 g/mol. The zero-order valence-corrected chi connectivity index (χ0v) is 21.1. The van der Waals surface area contributed by atoms with Crippen molar-refractivity contribution < 1.29 is 19.0 Å². The van der Waals surface area contributed by atoms with Gasteiger partial charge in [-0.05, 0) is 49.1 Å². The lowest BCUT2D eigenvalue weighted by molar-refractivity contribution is -0.0864. The van der Waals surface area contributed by atoms with Crippen LogP contribution in [0.2, 0.25) is 0 Å². The molecule has 0 radical (unpaired) electrons. The summed E-state index contributed by atoms with van der Waals surface area (Å²) in [6.07, 6.45) is 2.48. The number of aromatic nitrogens is 1. The zero-order valence-electron chi connectivity index (χ0n) is 21.1. The fraction of sp³-hybridized carbons (Fsp3) is 0.517. The Morgan fingerprint density at radius 3 is 2.53 bits per heavy atom. The highest BCUT2D eigenvalue weighted by atomic mass is 19.3. The number of rotatable bonds is 9. The lowest BCUT2D eigenvalue weighted by Gasteiger charge is -2.43. The van der Waals surface area contributed by atoms with Gasteiger partial charge in [0.1, 0.15) is 6.61 Å². The molecule has 5 nitrogen and oxygen atoms in total. The maximum Gasteiger partial charge on any atom is 0.283 e. The smallest absolute Gasteiger partial charge is 0.283 e. The predicted octanol–water partition coefficient (Wildman–Crippen LogP) is 4.90. The largest absolute Gasteiger partial charge is 0.390 e. The van der Waals surface area contributed by atoms with Gasteiger partial charge in [0.05, 0.1) is 18.7 Å². The number of aliphatic hydroxyl groups excluding tert-OH is 2. The van der Waals surface area contributed by atoms with Crippen molar-refractivity contribution in [2.75, 3.05) is 32.8 Å². The van der Waals surface area contributed by atoms with Crippen molar-refractivity contribution in [1.29, 1.82) is 0 Å². The van der Waals surface area contributed by atoms with Gasteiger partial charge < -0.3 is 20.1 Å². The first-order valence-corrected chi connectivity index (χ1v) is 13.2. The van der Waals surface area contributed by atoms with Crippen LogP contribution in [0.5, 0.6) is 0 Å². The van der Waals surface area contributed by atoms with Crippen molar-refractivity contribution in [2.45, 2.75) is 57.2 Å². The van der Waals surface area contributed by atoms with E-state index in [4.69, 9.17) is 0 Å². The van der Waals surface area contributed by atoms with Crippen molar-refractivity contribution in [3.63, 3.8) is 0 Å². The first-order chi connectivity index (χ1) is 17.3. The minimum Gasteiger partial charge on any atom is -0.390 e. The topological polar surface area (TPSA) is 62.7 Å². The molecule has 2 aromatic carbocycles. The van der Waals surface area contributed by atoms with Gasteiger partial charge in [0.2, 0.25) is 0 Å². The Kier molecular flexibility index (Phi) is 7.18. The van der Waals surface area contributed by atoms with E-state index < -0.39 is 31.2 Å². The number of aromatic amines is 1. The molecule has 2 aliphatic heterocycles. The van der Waals surface area contributed by atoms with Gasteiger partial charge in [-0.25, -0.2) is 8.78 Å². The predicted molar refractivity (Wildman–Crippen MR) is 138 cm³/mol. The van der Waals surface area contributed by atoms with E-state index in [0.29, 0.717) is 6.42 Å². The molecule has 0 bridgehead atoms. The second-order valence-corrected chi connectivity index (χ2v) is 10.7. The molecule has 5 rings (SSSR count). The van der Waals surface area contributed by atoms with Gasteiger partial charge >= 0.3 is 0 Å². The third-order valence-electron chi connectivity index (χ3n) is 8.02. The lowest BCUT2D eigenvalue weighted by atomic mass is 9.86. The van der Waals surface area contributed by atoms with E-state index in [-0.39, 0.29) is 12.0 Å². The van der Waals surface area contributed by atoms with Crippen LogP contribution in [-0.4, -0.2) is 69.7 Å². The van der Waals surface area contributed by atoms with E-state index in [2.05, 4.69) is 22.9 Å². The van der Waals surface area contributed by atoms with Crippen LogP contribution in [0.25, 0.3) is 10.9 Å². The molecule has 0 unspecified atom stereocenters. The standard InChI is InChI=1S/C29H37F2N3O2/c1-3-4-13-33-15-22(16-33)28(36)21-11-9-20(10-12-21)27-26-24(23-7-5-6-8-25(23)32-26)14-19(2)34(27)17-29(30,31)18-35/h5-12,19,22,27-28,32,35-36H,3-4,13-18H2,1-2H3/t19-,27-,28-/m1/s1. The molecule has 36 heavy (non-hydrogen) atoms. The molecule has 194 valence electrons. The van der Waals surface area contributed by atoms with Crippen molar-refractivity contribution in [2.24, 2.45) is 5.92 Å². The zero-order chi connectivity index (χ0) is 25.4. The summed E-state index contributed by atoms with van der Waals surface area (Å²) in [7, 11) is 0. The summed E-state index contributed by atoms with van der Waals surface area (Å²) >= 11 is 0. The Labute approximate surface area is 211 Å². The number of benzene rings is 2. The minimum atomic E-state index is -3.19. The first kappa shape index (κ1) is 25.3. The van der Waals surface area contributed by atoms with Gasteiger partial charge in [-0.1, -0.05) is 55.8 Å². The van der Waals surface area contributed by atoms with E-state index in [1.807, 2.05) is 49.4 Å². The highest BCUT2D eigenvalue weighted by molar-refractivity contribution is 5.85. The van der Waals surface area contributed by atoms with Crippen molar-refractivity contribution in [3.8, 4) is 0 Å². The summed E-state index contributed by atoms with van der Waals surface area (Å²) in [5, 5.41) is 21.4. The number of nitrogens with one attached hydrogen (secondary N) is 1. The number of hydrogen-bond acceptors (Lipinski definition) is 4. The molecular weight excluding hydrogens is 460 g/mol. The van der Waals surface area contributed by atoms with Crippen LogP contribution in [0.15, 0.2) is 48.5 Å². The number of unbranched alkanes of at least 4 members (excludes halogenated alkanes) is 1. The highest BCUT2D eigenvalue weighted by Crippen LogP contribution is 2.42. The Morgan fingerprint density at radius 2 is 1.83 bits per heavy atom. The third-order valence-corrected chi connectivity index (χ3v) is 8.02. The fourth-order valence-corrected chi connectivity index (χ4v) is 5.95. The number of nitrogens with zero attached hydrogens (tertiary/aromatic N) is 2.